The van der Waals surface area contributed by atoms with Crippen LogP contribution in [0.25, 0.3) is 44.2 Å². The fourth-order valence-electron chi connectivity index (χ4n) is 4.97. The van der Waals surface area contributed by atoms with E-state index in [0.29, 0.717) is 0 Å². The van der Waals surface area contributed by atoms with Crippen molar-refractivity contribution in [1.29, 1.82) is 0 Å². The second-order valence-electron chi connectivity index (χ2n) is 8.89. The molecule has 0 atom stereocenters. The number of fused-ring (bicyclic) bond motifs is 2. The zero-order chi connectivity index (χ0) is 22.9. The van der Waals surface area contributed by atoms with E-state index >= 15 is 0 Å². The van der Waals surface area contributed by atoms with Crippen molar-refractivity contribution >= 4 is 27.8 Å². The Bertz CT molecular complexity index is 1430. The Morgan fingerprint density at radius 3 is 2.41 bits per heavy atom. The van der Waals surface area contributed by atoms with Crippen LogP contribution in [0.5, 0.6) is 0 Å². The molecule has 5 aromatic rings. The van der Waals surface area contributed by atoms with Crippen LogP contribution in [0.1, 0.15) is 6.42 Å². The van der Waals surface area contributed by atoms with Gasteiger partial charge in [0, 0.05) is 77.7 Å². The number of nitrogens with two attached hydrogens (primary N) is 1. The van der Waals surface area contributed by atoms with Crippen molar-refractivity contribution in [3.05, 3.63) is 67.1 Å². The summed E-state index contributed by atoms with van der Waals surface area (Å²) in [5, 5.41) is 2.27. The summed E-state index contributed by atoms with van der Waals surface area (Å²) in [5.74, 6) is 0.804. The van der Waals surface area contributed by atoms with Crippen molar-refractivity contribution in [2.75, 3.05) is 44.2 Å². The summed E-state index contributed by atoms with van der Waals surface area (Å²) in [6.45, 7) is 5.67. The first-order chi connectivity index (χ1) is 16.8. The average Bonchev–Trinajstić information content (AvgIpc) is 3.54. The van der Waals surface area contributed by atoms with Crippen molar-refractivity contribution in [3.8, 4) is 22.4 Å². The van der Waals surface area contributed by atoms with Gasteiger partial charge in [0.25, 0.3) is 0 Å². The number of aromatic nitrogens is 4. The number of aromatic amines is 2. The Kier molecular flexibility index (Phi) is 5.49. The highest BCUT2D eigenvalue weighted by Crippen LogP contribution is 2.38. The van der Waals surface area contributed by atoms with Gasteiger partial charge in [-0.3, -0.25) is 4.90 Å². The molecule has 4 heterocycles. The number of H-pyrrole nitrogens is 2. The van der Waals surface area contributed by atoms with Gasteiger partial charge in [-0.2, -0.15) is 0 Å². The SMILES string of the molecule is NCCCN1CCN(c2nc(-c3c[nH]cc3-c3c[nH]c4ccccc34)c3ccccc3n2)CC1. The molecule has 1 saturated heterocycles. The summed E-state index contributed by atoms with van der Waals surface area (Å²) < 4.78 is 0. The van der Waals surface area contributed by atoms with E-state index in [1.165, 1.54) is 10.9 Å². The van der Waals surface area contributed by atoms with Gasteiger partial charge in [0.05, 0.1) is 11.2 Å². The van der Waals surface area contributed by atoms with Crippen molar-refractivity contribution in [1.82, 2.24) is 24.8 Å². The van der Waals surface area contributed by atoms with Gasteiger partial charge < -0.3 is 20.6 Å². The Morgan fingerprint density at radius 2 is 1.56 bits per heavy atom. The van der Waals surface area contributed by atoms with Crippen molar-refractivity contribution in [2.45, 2.75) is 6.42 Å². The maximum atomic E-state index is 5.70. The van der Waals surface area contributed by atoms with Crippen LogP contribution >= 0.6 is 0 Å². The second-order valence-corrected chi connectivity index (χ2v) is 8.89. The number of benzene rings is 2. The minimum absolute atomic E-state index is 0.743. The molecule has 2 aromatic carbocycles. The third kappa shape index (κ3) is 3.73. The van der Waals surface area contributed by atoms with E-state index in [0.717, 1.165) is 84.9 Å². The molecule has 172 valence electrons. The third-order valence-corrected chi connectivity index (χ3v) is 6.81. The molecule has 0 spiro atoms. The molecule has 4 N–H and O–H groups in total. The molecule has 0 aliphatic carbocycles. The van der Waals surface area contributed by atoms with Crippen LogP contribution in [0, 0.1) is 0 Å². The summed E-state index contributed by atoms with van der Waals surface area (Å²) in [6, 6.07) is 16.7. The van der Waals surface area contributed by atoms with Gasteiger partial charge in [-0.15, -0.1) is 0 Å². The highest BCUT2D eigenvalue weighted by atomic mass is 15.3. The normalized spacial score (nSPS) is 14.9. The van der Waals surface area contributed by atoms with Gasteiger partial charge in [-0.25, -0.2) is 9.97 Å². The van der Waals surface area contributed by atoms with Crippen LogP contribution < -0.4 is 10.6 Å². The topological polar surface area (TPSA) is 89.9 Å². The molecule has 7 heteroatoms. The number of hydrogen-bond donors (Lipinski definition) is 3. The monoisotopic (exact) mass is 451 g/mol. The first-order valence-electron chi connectivity index (χ1n) is 12.0. The van der Waals surface area contributed by atoms with E-state index in [4.69, 9.17) is 15.7 Å². The fraction of sp³-hybridized carbons (Fsp3) is 0.259. The maximum absolute atomic E-state index is 5.70. The molecule has 1 fully saturated rings. The molecule has 0 unspecified atom stereocenters. The van der Waals surface area contributed by atoms with Crippen LogP contribution in [-0.4, -0.2) is 64.1 Å². The number of anilines is 1. The van der Waals surface area contributed by atoms with Gasteiger partial charge in [0.2, 0.25) is 5.95 Å². The Labute approximate surface area is 198 Å². The molecule has 1 aliphatic rings. The quantitative estimate of drug-likeness (QED) is 0.359. The van der Waals surface area contributed by atoms with E-state index < -0.39 is 0 Å². The van der Waals surface area contributed by atoms with E-state index in [9.17, 15) is 0 Å². The van der Waals surface area contributed by atoms with E-state index in [2.05, 4.69) is 80.8 Å². The standard InChI is InChI=1S/C27H29N7/c28-10-5-11-33-12-14-34(15-13-33)27-31-25-9-4-2-7-20(25)26(32-27)23-17-29-16-21(23)22-18-30-24-8-3-1-6-19(22)24/h1-4,6-9,16-18,29-30H,5,10-15,28H2. The summed E-state index contributed by atoms with van der Waals surface area (Å²) in [6.07, 6.45) is 7.25. The molecule has 34 heavy (non-hydrogen) atoms. The molecule has 1 aliphatic heterocycles. The Hall–Kier alpha value is -3.68. The Morgan fingerprint density at radius 1 is 0.794 bits per heavy atom. The number of para-hydroxylation sites is 2. The largest absolute Gasteiger partial charge is 0.366 e. The average molecular weight is 452 g/mol. The fourth-order valence-corrected chi connectivity index (χ4v) is 4.97. The van der Waals surface area contributed by atoms with Gasteiger partial charge in [0.15, 0.2) is 0 Å². The molecular weight excluding hydrogens is 422 g/mol. The lowest BCUT2D eigenvalue weighted by atomic mass is 9.99. The smallest absolute Gasteiger partial charge is 0.226 e. The number of nitrogens with zero attached hydrogens (tertiary/aromatic N) is 4. The highest BCUT2D eigenvalue weighted by Gasteiger charge is 2.22. The third-order valence-electron chi connectivity index (χ3n) is 6.81. The van der Waals surface area contributed by atoms with Crippen LogP contribution in [-0.2, 0) is 0 Å². The zero-order valence-corrected chi connectivity index (χ0v) is 19.2. The molecule has 0 radical (unpaired) electrons. The lowest BCUT2D eigenvalue weighted by Crippen LogP contribution is -2.47. The number of rotatable bonds is 6. The van der Waals surface area contributed by atoms with Crippen molar-refractivity contribution in [2.24, 2.45) is 5.73 Å². The van der Waals surface area contributed by atoms with E-state index in [-0.39, 0.29) is 0 Å². The van der Waals surface area contributed by atoms with Gasteiger partial charge in [-0.1, -0.05) is 36.4 Å². The molecule has 0 saturated carbocycles. The number of nitrogens with one attached hydrogen (secondary N) is 2. The van der Waals surface area contributed by atoms with Crippen LogP contribution in [0.4, 0.5) is 5.95 Å². The molecule has 0 bridgehead atoms. The van der Waals surface area contributed by atoms with Gasteiger partial charge in [0.1, 0.15) is 0 Å². The number of piperazine rings is 1. The molecule has 7 nitrogen and oxygen atoms in total. The molecule has 6 rings (SSSR count). The van der Waals surface area contributed by atoms with E-state index in [1.54, 1.807) is 0 Å². The van der Waals surface area contributed by atoms with Crippen molar-refractivity contribution < 1.29 is 0 Å². The van der Waals surface area contributed by atoms with Gasteiger partial charge in [-0.05, 0) is 31.6 Å². The van der Waals surface area contributed by atoms with Crippen molar-refractivity contribution in [3.63, 3.8) is 0 Å². The Balaban J connectivity index is 1.41. The predicted molar refractivity (Wildman–Crippen MR) is 139 cm³/mol. The minimum Gasteiger partial charge on any atom is -0.366 e. The van der Waals surface area contributed by atoms with E-state index in [1.807, 2.05) is 6.07 Å². The molecular formula is C27H29N7. The number of hydrogen-bond acceptors (Lipinski definition) is 5. The zero-order valence-electron chi connectivity index (χ0n) is 19.2. The van der Waals surface area contributed by atoms with Crippen LogP contribution in [0.3, 0.4) is 0 Å². The first-order valence-corrected chi connectivity index (χ1v) is 12.0. The van der Waals surface area contributed by atoms with Gasteiger partial charge >= 0.3 is 0 Å². The summed E-state index contributed by atoms with van der Waals surface area (Å²) in [4.78, 5) is 21.6. The highest BCUT2D eigenvalue weighted by molar-refractivity contribution is 6.03. The molecule has 0 amide bonds. The second kappa shape index (κ2) is 8.93. The lowest BCUT2D eigenvalue weighted by molar-refractivity contribution is 0.255. The lowest BCUT2D eigenvalue weighted by Gasteiger charge is -2.34. The summed E-state index contributed by atoms with van der Waals surface area (Å²) in [5.41, 5.74) is 12.2. The molecule has 3 aromatic heterocycles. The summed E-state index contributed by atoms with van der Waals surface area (Å²) >= 11 is 0. The van der Waals surface area contributed by atoms with Crippen LogP contribution in [0.2, 0.25) is 0 Å². The predicted octanol–water partition coefficient (Wildman–Crippen LogP) is 4.24. The summed E-state index contributed by atoms with van der Waals surface area (Å²) in [7, 11) is 0. The first kappa shape index (κ1) is 20.9. The van der Waals surface area contributed by atoms with Crippen LogP contribution in [0.15, 0.2) is 67.1 Å². The maximum Gasteiger partial charge on any atom is 0.226 e. The minimum atomic E-state index is 0.743.